The lowest BCUT2D eigenvalue weighted by Gasteiger charge is -2.13. The van der Waals surface area contributed by atoms with Crippen molar-refractivity contribution < 1.29 is 8.42 Å². The highest BCUT2D eigenvalue weighted by atomic mass is 32.2. The molecule has 8 heteroatoms. The number of hydrogen-bond acceptors (Lipinski definition) is 5. The topological polar surface area (TPSA) is 81.1 Å². The second-order valence-corrected chi connectivity index (χ2v) is 8.44. The van der Waals surface area contributed by atoms with Gasteiger partial charge in [0.1, 0.15) is 4.21 Å². The fraction of sp³-hybridized carbons (Fsp3) is 0.176. The predicted octanol–water partition coefficient (Wildman–Crippen LogP) is 2.55. The second-order valence-electron chi connectivity index (χ2n) is 5.59. The van der Waals surface area contributed by atoms with Gasteiger partial charge in [-0.25, -0.2) is 17.8 Å². The third-order valence-electron chi connectivity index (χ3n) is 3.73. The average Bonchev–Trinajstić information content (AvgIpc) is 3.09. The molecule has 1 N–H and O–H groups in total. The zero-order valence-corrected chi connectivity index (χ0v) is 15.3. The molecule has 0 amide bonds. The molecular weight excluding hydrogens is 358 g/mol. The molecule has 6 nitrogen and oxygen atoms in total. The molecule has 3 aromatic rings. The second kappa shape index (κ2) is 6.91. The molecule has 25 heavy (non-hydrogen) atoms. The maximum absolute atomic E-state index is 12.6. The van der Waals surface area contributed by atoms with Crippen LogP contribution in [0.2, 0.25) is 0 Å². The molecular formula is C17H17N3O3S2. The van der Waals surface area contributed by atoms with Gasteiger partial charge in [0.2, 0.25) is 0 Å². The fourth-order valence-electron chi connectivity index (χ4n) is 2.35. The summed E-state index contributed by atoms with van der Waals surface area (Å²) in [5.41, 5.74) is 1.89. The van der Waals surface area contributed by atoms with Crippen LogP contribution in [0.15, 0.2) is 62.9 Å². The van der Waals surface area contributed by atoms with Crippen LogP contribution in [0.3, 0.4) is 0 Å². The number of aryl methyl sites for hydroxylation is 1. The van der Waals surface area contributed by atoms with E-state index in [-0.39, 0.29) is 15.8 Å². The lowest BCUT2D eigenvalue weighted by Crippen LogP contribution is -2.26. The summed E-state index contributed by atoms with van der Waals surface area (Å²) in [6, 6.07) is 13.6. The highest BCUT2D eigenvalue weighted by molar-refractivity contribution is 7.91. The van der Waals surface area contributed by atoms with Crippen molar-refractivity contribution in [2.75, 3.05) is 0 Å². The van der Waals surface area contributed by atoms with Gasteiger partial charge in [-0.3, -0.25) is 4.79 Å². The van der Waals surface area contributed by atoms with Gasteiger partial charge in [-0.05, 0) is 24.6 Å². The molecule has 0 saturated heterocycles. The highest BCUT2D eigenvalue weighted by Gasteiger charge is 2.21. The predicted molar refractivity (Wildman–Crippen MR) is 98.0 cm³/mol. The van der Waals surface area contributed by atoms with E-state index in [9.17, 15) is 13.2 Å². The van der Waals surface area contributed by atoms with Gasteiger partial charge < -0.3 is 0 Å². The Morgan fingerprint density at radius 1 is 1.16 bits per heavy atom. The molecule has 0 bridgehead atoms. The maximum atomic E-state index is 12.6. The third-order valence-corrected chi connectivity index (χ3v) is 6.71. The van der Waals surface area contributed by atoms with Gasteiger partial charge in [0.15, 0.2) is 0 Å². The van der Waals surface area contributed by atoms with Gasteiger partial charge in [-0.15, -0.1) is 11.3 Å². The van der Waals surface area contributed by atoms with Crippen molar-refractivity contribution in [3.8, 4) is 11.3 Å². The van der Waals surface area contributed by atoms with Crippen LogP contribution in [0, 0.1) is 0 Å². The number of benzene rings is 1. The maximum Gasteiger partial charge on any atom is 0.266 e. The largest absolute Gasteiger partial charge is 0.268 e. The van der Waals surface area contributed by atoms with E-state index in [1.807, 2.05) is 30.3 Å². The summed E-state index contributed by atoms with van der Waals surface area (Å²) in [4.78, 5) is 11.4. The molecule has 2 heterocycles. The molecule has 1 atom stereocenters. The number of thiophene rings is 1. The van der Waals surface area contributed by atoms with Crippen LogP contribution in [0.1, 0.15) is 18.5 Å². The fourth-order valence-corrected chi connectivity index (χ4v) is 4.77. The minimum Gasteiger partial charge on any atom is -0.268 e. The molecule has 0 fully saturated rings. The van der Waals surface area contributed by atoms with Gasteiger partial charge in [-0.1, -0.05) is 30.3 Å². The lowest BCUT2D eigenvalue weighted by molar-refractivity contribution is 0.569. The molecule has 0 spiro atoms. The average molecular weight is 375 g/mol. The van der Waals surface area contributed by atoms with E-state index in [0.717, 1.165) is 16.9 Å². The van der Waals surface area contributed by atoms with Crippen LogP contribution < -0.4 is 10.3 Å². The Hall–Kier alpha value is -2.29. The van der Waals surface area contributed by atoms with E-state index in [1.165, 1.54) is 10.7 Å². The highest BCUT2D eigenvalue weighted by Crippen LogP contribution is 2.28. The number of nitrogens with one attached hydrogen (secondary N) is 1. The molecule has 0 unspecified atom stereocenters. The van der Waals surface area contributed by atoms with Crippen molar-refractivity contribution in [1.29, 1.82) is 0 Å². The summed E-state index contributed by atoms with van der Waals surface area (Å²) < 4.78 is 29.3. The van der Waals surface area contributed by atoms with E-state index >= 15 is 0 Å². The first-order valence-electron chi connectivity index (χ1n) is 7.57. The first-order valence-corrected chi connectivity index (χ1v) is 9.93. The van der Waals surface area contributed by atoms with Gasteiger partial charge >= 0.3 is 0 Å². The van der Waals surface area contributed by atoms with Crippen molar-refractivity contribution in [2.24, 2.45) is 7.05 Å². The van der Waals surface area contributed by atoms with Crippen LogP contribution in [0.25, 0.3) is 11.3 Å². The standard InChI is InChI=1S/C17H17N3O3S2/c1-12(13-6-4-3-5-7-13)19-25(22,23)17-10-14(11-24-17)15-8-9-16(21)20(2)18-15/h3-12,19H,1-2H3/t12-/m1/s1. The summed E-state index contributed by atoms with van der Waals surface area (Å²) in [5.74, 6) is 0. The van der Waals surface area contributed by atoms with E-state index < -0.39 is 10.0 Å². The minimum absolute atomic E-state index is 0.209. The van der Waals surface area contributed by atoms with Gasteiger partial charge in [0.05, 0.1) is 5.69 Å². The van der Waals surface area contributed by atoms with Crippen molar-refractivity contribution >= 4 is 21.4 Å². The minimum atomic E-state index is -3.64. The Morgan fingerprint density at radius 2 is 1.88 bits per heavy atom. The Balaban J connectivity index is 1.85. The SMILES string of the molecule is C[C@@H](NS(=O)(=O)c1cc(-c2ccc(=O)n(C)n2)cs1)c1ccccc1. The van der Waals surface area contributed by atoms with E-state index in [2.05, 4.69) is 9.82 Å². The number of nitrogens with zero attached hydrogens (tertiary/aromatic N) is 2. The Morgan fingerprint density at radius 3 is 2.56 bits per heavy atom. The molecule has 0 saturated carbocycles. The number of hydrogen-bond donors (Lipinski definition) is 1. The van der Waals surface area contributed by atoms with E-state index in [4.69, 9.17) is 0 Å². The number of rotatable bonds is 5. The molecule has 0 aliphatic rings. The van der Waals surface area contributed by atoms with Crippen LogP contribution in [0.5, 0.6) is 0 Å². The van der Waals surface area contributed by atoms with Gasteiger partial charge in [-0.2, -0.15) is 5.10 Å². The van der Waals surface area contributed by atoms with Crippen molar-refractivity contribution in [3.05, 3.63) is 69.8 Å². The third kappa shape index (κ3) is 3.87. The van der Waals surface area contributed by atoms with Crippen molar-refractivity contribution in [3.63, 3.8) is 0 Å². The van der Waals surface area contributed by atoms with Crippen molar-refractivity contribution in [1.82, 2.24) is 14.5 Å². The molecule has 2 aromatic heterocycles. The van der Waals surface area contributed by atoms with Crippen molar-refractivity contribution in [2.45, 2.75) is 17.2 Å². The molecule has 1 aromatic carbocycles. The quantitative estimate of drug-likeness (QED) is 0.743. The first kappa shape index (κ1) is 17.5. The summed E-state index contributed by atoms with van der Waals surface area (Å²) in [6.07, 6.45) is 0. The van der Waals surface area contributed by atoms with E-state index in [0.29, 0.717) is 11.3 Å². The number of sulfonamides is 1. The summed E-state index contributed by atoms with van der Waals surface area (Å²) in [7, 11) is -2.09. The molecule has 0 aliphatic carbocycles. The monoisotopic (exact) mass is 375 g/mol. The van der Waals surface area contributed by atoms with Gasteiger partial charge in [0.25, 0.3) is 15.6 Å². The Labute approximate surface area is 149 Å². The Bertz CT molecular complexity index is 1040. The van der Waals surface area contributed by atoms with Crippen LogP contribution in [-0.4, -0.2) is 18.2 Å². The lowest BCUT2D eigenvalue weighted by atomic mass is 10.1. The first-order chi connectivity index (χ1) is 11.9. The zero-order valence-electron chi connectivity index (χ0n) is 13.7. The summed E-state index contributed by atoms with van der Waals surface area (Å²) in [5, 5.41) is 5.86. The Kier molecular flexibility index (Phi) is 4.85. The smallest absolute Gasteiger partial charge is 0.266 e. The zero-order chi connectivity index (χ0) is 18.0. The van der Waals surface area contributed by atoms with Crippen LogP contribution in [0.4, 0.5) is 0 Å². The van der Waals surface area contributed by atoms with Crippen LogP contribution in [-0.2, 0) is 17.1 Å². The van der Waals surface area contributed by atoms with E-state index in [1.54, 1.807) is 31.5 Å². The number of aromatic nitrogens is 2. The summed E-state index contributed by atoms with van der Waals surface area (Å²) in [6.45, 7) is 1.80. The normalized spacial score (nSPS) is 12.9. The van der Waals surface area contributed by atoms with Crippen LogP contribution >= 0.6 is 11.3 Å². The summed E-state index contributed by atoms with van der Waals surface area (Å²) >= 11 is 1.12. The molecule has 3 rings (SSSR count). The molecule has 0 aliphatic heterocycles. The molecule has 0 radical (unpaired) electrons. The van der Waals surface area contributed by atoms with Gasteiger partial charge in [0, 0.05) is 30.1 Å². The molecule has 130 valence electrons.